The maximum Gasteiger partial charge on any atom is 0.254 e. The number of rotatable bonds is 6. The number of aromatic nitrogens is 4. The third kappa shape index (κ3) is 4.56. The van der Waals surface area contributed by atoms with E-state index in [0.29, 0.717) is 58.5 Å². The molecule has 1 aromatic carbocycles. The van der Waals surface area contributed by atoms with Gasteiger partial charge in [-0.05, 0) is 24.3 Å². The Morgan fingerprint density at radius 2 is 2.00 bits per heavy atom. The van der Waals surface area contributed by atoms with Crippen molar-refractivity contribution in [2.75, 3.05) is 51.8 Å². The van der Waals surface area contributed by atoms with E-state index in [1.165, 1.54) is 6.20 Å². The van der Waals surface area contributed by atoms with Gasteiger partial charge >= 0.3 is 0 Å². The fraction of sp³-hybridized carbons (Fsp3) is 0.391. The van der Waals surface area contributed by atoms with E-state index in [4.69, 9.17) is 21.1 Å². The monoisotopic (exact) mass is 483 g/mol. The van der Waals surface area contributed by atoms with Crippen molar-refractivity contribution < 1.29 is 14.3 Å². The number of piperazine rings is 1. The van der Waals surface area contributed by atoms with Gasteiger partial charge in [0.05, 0.1) is 43.3 Å². The number of hydrogen-bond acceptors (Lipinski definition) is 8. The molecule has 0 atom stereocenters. The van der Waals surface area contributed by atoms with Crippen LogP contribution in [0.2, 0.25) is 5.02 Å². The minimum Gasteiger partial charge on any atom is -0.495 e. The maximum absolute atomic E-state index is 13.1. The van der Waals surface area contributed by atoms with Crippen LogP contribution in [0.25, 0.3) is 11.4 Å². The van der Waals surface area contributed by atoms with Crippen LogP contribution in [-0.4, -0.2) is 88.0 Å². The Kier molecular flexibility index (Phi) is 6.36. The molecule has 2 saturated heterocycles. The normalized spacial score (nSPS) is 16.9. The van der Waals surface area contributed by atoms with Gasteiger partial charge in [0.25, 0.3) is 5.91 Å². The lowest BCUT2D eigenvalue weighted by molar-refractivity contribution is -0.0746. The van der Waals surface area contributed by atoms with E-state index in [2.05, 4.69) is 25.3 Å². The van der Waals surface area contributed by atoms with Crippen LogP contribution in [0, 0.1) is 0 Å². The van der Waals surface area contributed by atoms with Crippen molar-refractivity contribution >= 4 is 29.1 Å². The Bertz CT molecular complexity index is 1190. The van der Waals surface area contributed by atoms with Gasteiger partial charge in [-0.3, -0.25) is 14.4 Å². The Morgan fingerprint density at radius 3 is 2.65 bits per heavy atom. The van der Waals surface area contributed by atoms with Gasteiger partial charge < -0.3 is 19.7 Å². The number of halogens is 1. The second-order valence-electron chi connectivity index (χ2n) is 8.32. The number of carbonyl (C=O) groups is 1. The molecule has 1 amide bonds. The highest BCUT2D eigenvalue weighted by Gasteiger charge is 2.30. The second kappa shape index (κ2) is 9.57. The van der Waals surface area contributed by atoms with Crippen molar-refractivity contribution in [3.05, 3.63) is 47.2 Å². The molecule has 5 rings (SSSR count). The lowest BCUT2D eigenvalue weighted by atomic mass is 10.1. The Balaban J connectivity index is 1.30. The van der Waals surface area contributed by atoms with Gasteiger partial charge in [-0.2, -0.15) is 5.10 Å². The number of nitrogens with zero attached hydrogens (tertiary/aromatic N) is 6. The molecule has 2 fully saturated rings. The summed E-state index contributed by atoms with van der Waals surface area (Å²) >= 11 is 6.29. The summed E-state index contributed by atoms with van der Waals surface area (Å²) in [5, 5.41) is 7.92. The van der Waals surface area contributed by atoms with Crippen molar-refractivity contribution in [2.24, 2.45) is 7.05 Å². The molecule has 2 aromatic heterocycles. The fourth-order valence-corrected chi connectivity index (χ4v) is 4.29. The van der Waals surface area contributed by atoms with Crippen molar-refractivity contribution in [1.82, 2.24) is 29.5 Å². The first-order valence-electron chi connectivity index (χ1n) is 11.1. The van der Waals surface area contributed by atoms with E-state index in [1.54, 1.807) is 30.0 Å². The van der Waals surface area contributed by atoms with Crippen molar-refractivity contribution in [1.29, 1.82) is 0 Å². The van der Waals surface area contributed by atoms with Gasteiger partial charge in [0, 0.05) is 45.0 Å². The number of anilines is 2. The van der Waals surface area contributed by atoms with E-state index in [0.717, 1.165) is 26.3 Å². The molecule has 2 aliphatic heterocycles. The molecule has 3 aromatic rings. The van der Waals surface area contributed by atoms with Gasteiger partial charge in [-0.15, -0.1) is 0 Å². The highest BCUT2D eigenvalue weighted by Crippen LogP contribution is 2.30. The number of ether oxygens (including phenoxy) is 2. The van der Waals surface area contributed by atoms with Gasteiger partial charge in [-0.25, -0.2) is 9.97 Å². The highest BCUT2D eigenvalue weighted by atomic mass is 35.5. The third-order valence-electron chi connectivity index (χ3n) is 6.13. The molecular weight excluding hydrogens is 458 g/mol. The van der Waals surface area contributed by atoms with Crippen molar-refractivity contribution in [3.8, 4) is 17.1 Å². The predicted octanol–water partition coefficient (Wildman–Crippen LogP) is 2.44. The van der Waals surface area contributed by atoms with E-state index < -0.39 is 0 Å². The summed E-state index contributed by atoms with van der Waals surface area (Å²) in [5.41, 5.74) is 2.39. The van der Waals surface area contributed by atoms with Crippen LogP contribution in [0.1, 0.15) is 10.4 Å². The largest absolute Gasteiger partial charge is 0.495 e. The summed E-state index contributed by atoms with van der Waals surface area (Å²) in [6.45, 7) is 4.71. The summed E-state index contributed by atoms with van der Waals surface area (Å²) in [5.74, 6) is 0.863. The van der Waals surface area contributed by atoms with E-state index in [1.807, 2.05) is 24.2 Å². The summed E-state index contributed by atoms with van der Waals surface area (Å²) in [4.78, 5) is 26.2. The first kappa shape index (κ1) is 22.6. The molecule has 0 radical (unpaired) electrons. The number of hydrogen-bond donors (Lipinski definition) is 1. The topological polar surface area (TPSA) is 97.6 Å². The zero-order valence-electron chi connectivity index (χ0n) is 19.1. The SMILES string of the molecule is COc1cc(C(=O)N2CCN(C3COC3)CC2)ccc1Nc1ncc(Cl)c(-c2ccn(C)n2)n1. The highest BCUT2D eigenvalue weighted by molar-refractivity contribution is 6.32. The molecule has 2 aliphatic rings. The fourth-order valence-electron chi connectivity index (χ4n) is 4.10. The van der Waals surface area contributed by atoms with Crippen LogP contribution >= 0.6 is 11.6 Å². The van der Waals surface area contributed by atoms with Gasteiger partial charge in [0.1, 0.15) is 17.1 Å². The summed E-state index contributed by atoms with van der Waals surface area (Å²) < 4.78 is 12.5. The minimum absolute atomic E-state index is 0.00505. The standard InChI is InChI=1S/C23H26ClN7O3/c1-29-6-5-19(28-29)21-17(24)12-25-23(27-21)26-18-4-3-15(11-20(18)33-2)22(32)31-9-7-30(8-10-31)16-13-34-14-16/h3-6,11-12,16H,7-10,13-14H2,1-2H3,(H,25,26,27). The number of nitrogens with one attached hydrogen (secondary N) is 1. The first-order chi connectivity index (χ1) is 16.5. The van der Waals surface area contributed by atoms with Crippen LogP contribution in [0.3, 0.4) is 0 Å². The molecule has 0 aliphatic carbocycles. The van der Waals surface area contributed by atoms with Crippen LogP contribution in [0.4, 0.5) is 11.6 Å². The molecular formula is C23H26ClN7O3. The average Bonchev–Trinajstić information content (AvgIpc) is 3.25. The number of carbonyl (C=O) groups excluding carboxylic acids is 1. The molecule has 34 heavy (non-hydrogen) atoms. The molecule has 1 N–H and O–H groups in total. The second-order valence-corrected chi connectivity index (χ2v) is 8.73. The number of methoxy groups -OCH3 is 1. The molecule has 178 valence electrons. The zero-order valence-corrected chi connectivity index (χ0v) is 19.8. The van der Waals surface area contributed by atoms with Crippen LogP contribution in [0.5, 0.6) is 5.75 Å². The third-order valence-corrected chi connectivity index (χ3v) is 6.41. The van der Waals surface area contributed by atoms with Crippen LogP contribution < -0.4 is 10.1 Å². The summed E-state index contributed by atoms with van der Waals surface area (Å²) in [7, 11) is 3.39. The quantitative estimate of drug-likeness (QED) is 0.571. The molecule has 10 nitrogen and oxygen atoms in total. The number of amides is 1. The number of benzene rings is 1. The lowest BCUT2D eigenvalue weighted by Crippen LogP contribution is -2.57. The molecule has 11 heteroatoms. The Hall–Kier alpha value is -3.21. The van der Waals surface area contributed by atoms with Gasteiger partial charge in [0.2, 0.25) is 5.95 Å². The Morgan fingerprint density at radius 1 is 1.21 bits per heavy atom. The van der Waals surface area contributed by atoms with Gasteiger partial charge in [0.15, 0.2) is 0 Å². The molecule has 0 unspecified atom stereocenters. The lowest BCUT2D eigenvalue weighted by Gasteiger charge is -2.42. The van der Waals surface area contributed by atoms with Gasteiger partial charge in [-0.1, -0.05) is 11.6 Å². The van der Waals surface area contributed by atoms with Crippen LogP contribution in [-0.2, 0) is 11.8 Å². The summed E-state index contributed by atoms with van der Waals surface area (Å²) in [6.07, 6.45) is 3.35. The first-order valence-corrected chi connectivity index (χ1v) is 11.5. The maximum atomic E-state index is 13.1. The smallest absolute Gasteiger partial charge is 0.254 e. The van der Waals surface area contributed by atoms with Crippen molar-refractivity contribution in [2.45, 2.75) is 6.04 Å². The zero-order chi connectivity index (χ0) is 23.7. The van der Waals surface area contributed by atoms with Crippen molar-refractivity contribution in [3.63, 3.8) is 0 Å². The van der Waals surface area contributed by atoms with E-state index in [-0.39, 0.29) is 5.91 Å². The predicted molar refractivity (Wildman–Crippen MR) is 128 cm³/mol. The Labute approximate surface area is 202 Å². The number of aryl methyl sites for hydroxylation is 1. The van der Waals surface area contributed by atoms with E-state index in [9.17, 15) is 4.79 Å². The average molecular weight is 484 g/mol. The summed E-state index contributed by atoms with van der Waals surface area (Å²) in [6, 6.07) is 7.66. The molecule has 0 spiro atoms. The minimum atomic E-state index is -0.00505. The van der Waals surface area contributed by atoms with Crippen LogP contribution in [0.15, 0.2) is 36.7 Å². The molecule has 0 saturated carbocycles. The molecule has 0 bridgehead atoms. The van der Waals surface area contributed by atoms with E-state index >= 15 is 0 Å². The molecule has 4 heterocycles.